The van der Waals surface area contributed by atoms with Crippen molar-refractivity contribution in [3.8, 4) is 0 Å². The first-order valence-corrected chi connectivity index (χ1v) is 11.2. The van der Waals surface area contributed by atoms with E-state index < -0.39 is 11.7 Å². The number of likely N-dealkylation sites (tertiary alicyclic amines) is 1. The Balaban J connectivity index is 1.58. The smallest absolute Gasteiger partial charge is 0.380 e. The van der Waals surface area contributed by atoms with Gasteiger partial charge in [0.15, 0.2) is 0 Å². The number of nitrogens with one attached hydrogen (secondary N) is 3. The van der Waals surface area contributed by atoms with Crippen molar-refractivity contribution in [1.82, 2.24) is 10.2 Å². The van der Waals surface area contributed by atoms with E-state index in [1.165, 1.54) is 23.9 Å². The van der Waals surface area contributed by atoms with Gasteiger partial charge in [-0.3, -0.25) is 0 Å². The van der Waals surface area contributed by atoms with Gasteiger partial charge in [-0.15, -0.1) is 0 Å². The highest BCUT2D eigenvalue weighted by Crippen LogP contribution is 2.50. The highest BCUT2D eigenvalue weighted by Gasteiger charge is 2.34. The van der Waals surface area contributed by atoms with Crippen molar-refractivity contribution < 1.29 is 13.2 Å². The van der Waals surface area contributed by atoms with E-state index in [4.69, 9.17) is 11.6 Å². The lowest BCUT2D eigenvalue weighted by atomic mass is 10.0. The van der Waals surface area contributed by atoms with Crippen LogP contribution in [0.1, 0.15) is 18.4 Å². The zero-order valence-electron chi connectivity index (χ0n) is 16.6. The van der Waals surface area contributed by atoms with E-state index in [9.17, 15) is 13.2 Å². The molecular formula is C21H24ClF3N4S. The highest BCUT2D eigenvalue weighted by molar-refractivity contribution is 7.99. The number of halogens is 4. The highest BCUT2D eigenvalue weighted by atomic mass is 35.5. The van der Waals surface area contributed by atoms with Crippen LogP contribution in [0.3, 0.4) is 0 Å². The average molecular weight is 457 g/mol. The maximum Gasteiger partial charge on any atom is 0.416 e. The van der Waals surface area contributed by atoms with Gasteiger partial charge < -0.3 is 20.9 Å². The van der Waals surface area contributed by atoms with Crippen molar-refractivity contribution in [3.63, 3.8) is 0 Å². The van der Waals surface area contributed by atoms with Crippen LogP contribution in [0.5, 0.6) is 0 Å². The summed E-state index contributed by atoms with van der Waals surface area (Å²) in [6, 6.07) is 7.98. The van der Waals surface area contributed by atoms with Gasteiger partial charge in [-0.05, 0) is 50.2 Å². The molecule has 2 heterocycles. The van der Waals surface area contributed by atoms with E-state index in [0.717, 1.165) is 49.6 Å². The Labute approximate surface area is 183 Å². The van der Waals surface area contributed by atoms with Crippen LogP contribution in [0.4, 0.5) is 30.2 Å². The SMILES string of the molecule is CNCCN1CCC(Nc2cc(C(F)(F)F)cc3c2Nc2ccc(Cl)cc2S3)CC1. The number of anilines is 3. The maximum atomic E-state index is 13.6. The Morgan fingerprint density at radius 1 is 1.17 bits per heavy atom. The molecule has 162 valence electrons. The van der Waals surface area contributed by atoms with Crippen LogP contribution < -0.4 is 16.0 Å². The first-order valence-electron chi connectivity index (χ1n) is 9.96. The molecule has 0 saturated carbocycles. The summed E-state index contributed by atoms with van der Waals surface area (Å²) >= 11 is 7.38. The van der Waals surface area contributed by atoms with Gasteiger partial charge >= 0.3 is 6.18 Å². The Morgan fingerprint density at radius 2 is 1.93 bits per heavy atom. The molecule has 1 fully saturated rings. The first kappa shape index (κ1) is 21.6. The number of likely N-dealkylation sites (N-methyl/N-ethyl adjacent to an activating group) is 1. The fraction of sp³-hybridized carbons (Fsp3) is 0.429. The molecule has 0 amide bonds. The van der Waals surface area contributed by atoms with Crippen LogP contribution in [0, 0.1) is 0 Å². The van der Waals surface area contributed by atoms with Crippen LogP contribution in [-0.2, 0) is 6.18 Å². The molecule has 4 nitrogen and oxygen atoms in total. The van der Waals surface area contributed by atoms with Crippen molar-refractivity contribution in [2.75, 3.05) is 43.9 Å². The van der Waals surface area contributed by atoms with E-state index in [1.807, 2.05) is 13.1 Å². The number of alkyl halides is 3. The molecule has 9 heteroatoms. The molecular weight excluding hydrogens is 433 g/mol. The summed E-state index contributed by atoms with van der Waals surface area (Å²) < 4.78 is 40.7. The van der Waals surface area contributed by atoms with Gasteiger partial charge in [-0.1, -0.05) is 23.4 Å². The monoisotopic (exact) mass is 456 g/mol. The number of benzene rings is 2. The summed E-state index contributed by atoms with van der Waals surface area (Å²) in [7, 11) is 1.93. The number of rotatable bonds is 5. The minimum atomic E-state index is -4.41. The molecule has 0 aromatic heterocycles. The lowest BCUT2D eigenvalue weighted by Gasteiger charge is -2.34. The Kier molecular flexibility index (Phi) is 6.39. The molecule has 0 aliphatic carbocycles. The van der Waals surface area contributed by atoms with Gasteiger partial charge in [-0.2, -0.15) is 13.2 Å². The third-order valence-corrected chi connectivity index (χ3v) is 6.81. The van der Waals surface area contributed by atoms with E-state index in [2.05, 4.69) is 20.9 Å². The fourth-order valence-corrected chi connectivity index (χ4v) is 5.17. The molecule has 3 N–H and O–H groups in total. The molecule has 0 spiro atoms. The molecule has 0 radical (unpaired) electrons. The molecule has 0 unspecified atom stereocenters. The fourth-order valence-electron chi connectivity index (χ4n) is 3.83. The summed E-state index contributed by atoms with van der Waals surface area (Å²) in [6.07, 6.45) is -2.61. The zero-order chi connectivity index (χ0) is 21.3. The second-order valence-corrected chi connectivity index (χ2v) is 9.15. The molecule has 2 aliphatic rings. The zero-order valence-corrected chi connectivity index (χ0v) is 18.1. The van der Waals surface area contributed by atoms with E-state index >= 15 is 0 Å². The largest absolute Gasteiger partial charge is 0.416 e. The van der Waals surface area contributed by atoms with Crippen molar-refractivity contribution in [3.05, 3.63) is 40.9 Å². The molecule has 4 rings (SSSR count). The van der Waals surface area contributed by atoms with E-state index in [1.54, 1.807) is 12.1 Å². The second-order valence-electron chi connectivity index (χ2n) is 7.63. The normalized spacial score (nSPS) is 17.2. The number of hydrogen-bond donors (Lipinski definition) is 3. The molecule has 2 aromatic rings. The number of fused-ring (bicyclic) bond motifs is 2. The Morgan fingerprint density at radius 3 is 2.63 bits per heavy atom. The summed E-state index contributed by atoms with van der Waals surface area (Å²) in [4.78, 5) is 3.75. The predicted molar refractivity (Wildman–Crippen MR) is 117 cm³/mol. The number of nitrogens with zero attached hydrogens (tertiary/aromatic N) is 1. The lowest BCUT2D eigenvalue weighted by Crippen LogP contribution is -2.41. The Bertz CT molecular complexity index is 914. The summed E-state index contributed by atoms with van der Waals surface area (Å²) in [5.41, 5.74) is 1.40. The minimum Gasteiger partial charge on any atom is -0.380 e. The molecule has 1 saturated heterocycles. The summed E-state index contributed by atoms with van der Waals surface area (Å²) in [5.74, 6) is 0. The van der Waals surface area contributed by atoms with Gasteiger partial charge in [0, 0.05) is 47.0 Å². The first-order chi connectivity index (χ1) is 14.3. The van der Waals surface area contributed by atoms with Crippen molar-refractivity contribution in [1.29, 1.82) is 0 Å². The van der Waals surface area contributed by atoms with Crippen LogP contribution >= 0.6 is 23.4 Å². The third kappa shape index (κ3) is 4.82. The topological polar surface area (TPSA) is 39.3 Å². The van der Waals surface area contributed by atoms with Crippen molar-refractivity contribution in [2.24, 2.45) is 0 Å². The molecule has 0 bridgehead atoms. The van der Waals surface area contributed by atoms with E-state index in [-0.39, 0.29) is 6.04 Å². The quantitative estimate of drug-likeness (QED) is 0.462. The summed E-state index contributed by atoms with van der Waals surface area (Å²) in [6.45, 7) is 3.79. The van der Waals surface area contributed by atoms with Gasteiger partial charge in [0.1, 0.15) is 0 Å². The van der Waals surface area contributed by atoms with Crippen LogP contribution in [-0.4, -0.2) is 44.2 Å². The Hall–Kier alpha value is -1.61. The van der Waals surface area contributed by atoms with Gasteiger partial charge in [-0.25, -0.2) is 0 Å². The number of hydrogen-bond acceptors (Lipinski definition) is 5. The lowest BCUT2D eigenvalue weighted by molar-refractivity contribution is -0.137. The molecule has 2 aromatic carbocycles. The molecule has 2 aliphatic heterocycles. The van der Waals surface area contributed by atoms with Crippen molar-refractivity contribution in [2.45, 2.75) is 34.9 Å². The van der Waals surface area contributed by atoms with E-state index in [0.29, 0.717) is 21.3 Å². The third-order valence-electron chi connectivity index (χ3n) is 5.48. The average Bonchev–Trinajstić information content (AvgIpc) is 2.71. The minimum absolute atomic E-state index is 0.141. The van der Waals surface area contributed by atoms with Crippen LogP contribution in [0.2, 0.25) is 5.02 Å². The van der Waals surface area contributed by atoms with Gasteiger partial charge in [0.2, 0.25) is 0 Å². The van der Waals surface area contributed by atoms with Crippen molar-refractivity contribution >= 4 is 40.4 Å². The molecule has 30 heavy (non-hydrogen) atoms. The predicted octanol–water partition coefficient (Wildman–Crippen LogP) is 5.66. The molecule has 0 atom stereocenters. The van der Waals surface area contributed by atoms with Crippen LogP contribution in [0.25, 0.3) is 0 Å². The van der Waals surface area contributed by atoms with Gasteiger partial charge in [0.05, 0.1) is 22.6 Å². The second kappa shape index (κ2) is 8.86. The standard InChI is InChI=1S/C21H24ClF3N4S/c1-26-6-9-29-7-4-15(5-8-29)27-17-10-13(21(23,24)25)11-19-20(17)28-16-3-2-14(22)12-18(16)30-19/h2-3,10-12,15,26-28H,4-9H2,1H3. The summed E-state index contributed by atoms with van der Waals surface area (Å²) in [5, 5.41) is 10.4. The van der Waals surface area contributed by atoms with Gasteiger partial charge in [0.25, 0.3) is 0 Å². The number of piperidine rings is 1. The van der Waals surface area contributed by atoms with Crippen LogP contribution in [0.15, 0.2) is 40.1 Å². The maximum absolute atomic E-state index is 13.6.